The van der Waals surface area contributed by atoms with Crippen molar-refractivity contribution in [3.05, 3.63) is 124 Å². The molecule has 2 aromatic heterocycles. The summed E-state index contributed by atoms with van der Waals surface area (Å²) < 4.78 is 136. The molecule has 0 bridgehead atoms. The second kappa shape index (κ2) is 19.0. The number of urea groups is 1. The summed E-state index contributed by atoms with van der Waals surface area (Å²) in [5.41, 5.74) is 5.24. The van der Waals surface area contributed by atoms with Crippen LogP contribution in [0, 0.1) is 0 Å². The largest absolute Gasteiger partial charge is 0.351 e. The van der Waals surface area contributed by atoms with E-state index in [4.69, 9.17) is 28.9 Å². The number of amides is 2. The summed E-state index contributed by atoms with van der Waals surface area (Å²) in [5.74, 6) is -0.384. The van der Waals surface area contributed by atoms with Crippen LogP contribution in [0.3, 0.4) is 0 Å². The topological polar surface area (TPSA) is 399 Å². The van der Waals surface area contributed by atoms with Crippen molar-refractivity contribution in [2.24, 2.45) is 16.0 Å². The maximum atomic E-state index is 12.4. The Balaban J connectivity index is 1.15. The molecule has 0 radical (unpaired) electrons. The highest BCUT2D eigenvalue weighted by molar-refractivity contribution is 7.86. The molecule has 2 heterocycles. The van der Waals surface area contributed by atoms with Crippen LogP contribution >= 0.6 is 23.2 Å². The Morgan fingerprint density at radius 2 is 1.15 bits per heavy atom. The van der Waals surface area contributed by atoms with Crippen LogP contribution in [0.5, 0.6) is 0 Å². The molecule has 31 heteroatoms. The van der Waals surface area contributed by atoms with Crippen molar-refractivity contribution in [3.8, 4) is 0 Å². The third kappa shape index (κ3) is 12.1. The molecule has 0 spiro atoms. The smallest absolute Gasteiger partial charge is 0.316 e. The minimum atomic E-state index is -4.98. The first-order valence-corrected chi connectivity index (χ1v) is 25.0. The Morgan fingerprint density at radius 1 is 0.559 bits per heavy atom. The summed E-state index contributed by atoms with van der Waals surface area (Å²) >= 11 is 12.4. The van der Waals surface area contributed by atoms with Crippen molar-refractivity contribution < 1.29 is 56.7 Å². The zero-order chi connectivity index (χ0) is 49.3. The van der Waals surface area contributed by atoms with E-state index in [1.165, 1.54) is 66.7 Å². The van der Waals surface area contributed by atoms with Crippen LogP contribution in [0.1, 0.15) is 22.8 Å². The van der Waals surface area contributed by atoms with Crippen LogP contribution in [-0.4, -0.2) is 87.8 Å². The Labute approximate surface area is 394 Å². The number of benzene rings is 5. The lowest BCUT2D eigenvalue weighted by Crippen LogP contribution is -2.19. The van der Waals surface area contributed by atoms with Gasteiger partial charge >= 0.3 is 6.03 Å². The van der Waals surface area contributed by atoms with Gasteiger partial charge in [-0.25, -0.2) is 14.8 Å². The molecule has 0 fully saturated rings. The SMILES string of the molecule is NC(=O)Nc1cc(Nc2nc(Cl)nc(Cc3ccc(S(=O)(=O)O)c(Nc4nc(Cl)nc(Cc5cccc(S(=O)(=O)O)c5)n4)c3)n2)ccc1N=Nc1cc2c(S(=O)(=O)O)cccc2cc1S(=O)(=O)O. The van der Waals surface area contributed by atoms with Crippen LogP contribution in [0.4, 0.5) is 45.1 Å². The van der Waals surface area contributed by atoms with Crippen LogP contribution in [0.15, 0.2) is 121 Å². The number of hydrogen-bond acceptors (Lipinski definition) is 19. The van der Waals surface area contributed by atoms with Crippen LogP contribution < -0.4 is 21.7 Å². The highest BCUT2D eigenvalue weighted by Gasteiger charge is 2.23. The fraction of sp³-hybridized carbons (Fsp3) is 0.0541. The maximum absolute atomic E-state index is 12.4. The lowest BCUT2D eigenvalue weighted by molar-refractivity contribution is 0.259. The van der Waals surface area contributed by atoms with E-state index in [1.807, 2.05) is 0 Å². The molecular formula is C37H28Cl2N12O13S4. The van der Waals surface area contributed by atoms with Crippen molar-refractivity contribution in [2.45, 2.75) is 32.4 Å². The van der Waals surface area contributed by atoms with Crippen LogP contribution in [-0.2, 0) is 53.3 Å². The third-order valence-electron chi connectivity index (χ3n) is 9.05. The standard InChI is InChI=1S/C37H28Cl2N12O13S4/c38-33-45-32(14-19-7-10-29(67(59,60)61)26(12-19)43-37-47-31(44-34(39)49-37)13-18-3-1-5-22(11-18)65(53,54)55)46-36(48-33)41-21-8-9-24(25(16-21)42-35(40)52)50-51-27-17-23-20(15-30(27)68(62,63)64)4-2-6-28(23)66(56,57)58/h1-12,15-17H,13-14H2,(H3,40,42,52)(H,53,54,55)(H,56,57,58)(H,59,60,61)(H,62,63,64)(H,41,45,46,48)(H,43,44,47,49). The number of anilines is 5. The first-order valence-electron chi connectivity index (χ1n) is 18.4. The Hall–Kier alpha value is -6.93. The van der Waals surface area contributed by atoms with Crippen LogP contribution in [0.2, 0.25) is 10.6 Å². The first-order chi connectivity index (χ1) is 31.8. The first kappa shape index (κ1) is 49.0. The molecule has 352 valence electrons. The van der Waals surface area contributed by atoms with Gasteiger partial charge in [0.1, 0.15) is 37.7 Å². The highest BCUT2D eigenvalue weighted by Crippen LogP contribution is 2.37. The quantitative estimate of drug-likeness (QED) is 0.0426. The number of aromatic nitrogens is 6. The monoisotopic (exact) mass is 1050 g/mol. The van der Waals surface area contributed by atoms with E-state index >= 15 is 0 Å². The van der Waals surface area contributed by atoms with Gasteiger partial charge in [-0.05, 0) is 100 Å². The van der Waals surface area contributed by atoms with Gasteiger partial charge < -0.3 is 21.7 Å². The number of azo groups is 1. The molecule has 0 saturated carbocycles. The second-order valence-corrected chi connectivity index (χ2v) is 20.2. The summed E-state index contributed by atoms with van der Waals surface area (Å²) in [4.78, 5) is 34.5. The number of carbonyl (C=O) groups is 1. The van der Waals surface area contributed by atoms with E-state index in [9.17, 15) is 56.7 Å². The number of nitrogens with one attached hydrogen (secondary N) is 3. The minimum Gasteiger partial charge on any atom is -0.351 e. The summed E-state index contributed by atoms with van der Waals surface area (Å²) in [5, 5.41) is 15.0. The molecule has 0 aliphatic carbocycles. The average molecular weight is 1050 g/mol. The van der Waals surface area contributed by atoms with E-state index in [0.29, 0.717) is 11.1 Å². The molecule has 9 N–H and O–H groups in total. The van der Waals surface area contributed by atoms with Gasteiger partial charge in [0.25, 0.3) is 40.5 Å². The normalized spacial score (nSPS) is 12.3. The molecule has 0 aliphatic rings. The number of primary amides is 1. The van der Waals surface area contributed by atoms with E-state index < -0.39 is 66.9 Å². The molecule has 0 atom stereocenters. The molecule has 0 aliphatic heterocycles. The molecule has 68 heavy (non-hydrogen) atoms. The fourth-order valence-electron chi connectivity index (χ4n) is 6.31. The molecule has 5 aromatic carbocycles. The second-order valence-electron chi connectivity index (χ2n) is 13.9. The number of fused-ring (bicyclic) bond motifs is 1. The summed E-state index contributed by atoms with van der Waals surface area (Å²) in [6.07, 6.45) is -0.234. The molecular weight excluding hydrogens is 1020 g/mol. The van der Waals surface area contributed by atoms with Gasteiger partial charge in [0, 0.05) is 23.9 Å². The van der Waals surface area contributed by atoms with Gasteiger partial charge in [-0.3, -0.25) is 18.2 Å². The Kier molecular flexibility index (Phi) is 13.7. The molecule has 7 rings (SSSR count). The lowest BCUT2D eigenvalue weighted by atomic mass is 10.1. The molecule has 25 nitrogen and oxygen atoms in total. The maximum Gasteiger partial charge on any atom is 0.316 e. The summed E-state index contributed by atoms with van der Waals surface area (Å²) in [7, 11) is -19.2. The fourth-order valence-corrected chi connectivity index (χ4v) is 9.19. The van der Waals surface area contributed by atoms with Gasteiger partial charge in [-0.1, -0.05) is 30.3 Å². The molecule has 0 saturated heterocycles. The van der Waals surface area contributed by atoms with E-state index in [2.05, 4.69) is 56.1 Å². The predicted octanol–water partition coefficient (Wildman–Crippen LogP) is 6.08. The van der Waals surface area contributed by atoms with Crippen LogP contribution in [0.25, 0.3) is 10.8 Å². The Morgan fingerprint density at radius 3 is 1.75 bits per heavy atom. The van der Waals surface area contributed by atoms with E-state index in [1.54, 1.807) is 0 Å². The molecule has 7 aromatic rings. The number of rotatable bonds is 15. The summed E-state index contributed by atoms with van der Waals surface area (Å²) in [6.45, 7) is 0. The van der Waals surface area contributed by atoms with Gasteiger partial charge in [-0.15, -0.1) is 10.2 Å². The number of nitrogens with zero attached hydrogens (tertiary/aromatic N) is 8. The number of hydrogen-bond donors (Lipinski definition) is 8. The number of halogens is 2. The van der Waals surface area contributed by atoms with Gasteiger partial charge in [-0.2, -0.15) is 53.6 Å². The van der Waals surface area contributed by atoms with Crippen molar-refractivity contribution in [1.29, 1.82) is 0 Å². The predicted molar refractivity (Wildman–Crippen MR) is 242 cm³/mol. The van der Waals surface area contributed by atoms with Gasteiger partial charge in [0.2, 0.25) is 22.5 Å². The van der Waals surface area contributed by atoms with E-state index in [0.717, 1.165) is 24.3 Å². The number of nitrogens with two attached hydrogens (primary N) is 1. The van der Waals surface area contributed by atoms with Gasteiger partial charge in [0.05, 0.1) is 16.3 Å². The van der Waals surface area contributed by atoms with Crippen molar-refractivity contribution in [1.82, 2.24) is 29.9 Å². The zero-order valence-electron chi connectivity index (χ0n) is 33.6. The molecule has 2 amide bonds. The van der Waals surface area contributed by atoms with Crippen molar-refractivity contribution in [3.63, 3.8) is 0 Å². The summed E-state index contributed by atoms with van der Waals surface area (Å²) in [6, 6.07) is 17.4. The van der Waals surface area contributed by atoms with Crippen molar-refractivity contribution in [2.75, 3.05) is 16.0 Å². The minimum absolute atomic E-state index is 0.00963. The lowest BCUT2D eigenvalue weighted by Gasteiger charge is -2.13. The Bertz CT molecular complexity index is 3710. The third-order valence-corrected chi connectivity index (χ3v) is 12.9. The molecule has 0 unspecified atom stereocenters. The van der Waals surface area contributed by atoms with E-state index in [-0.39, 0.29) is 85.4 Å². The number of carbonyl (C=O) groups excluding carboxylic acids is 1. The van der Waals surface area contributed by atoms with Gasteiger partial charge in [0.15, 0.2) is 0 Å². The average Bonchev–Trinajstić information content (AvgIpc) is 3.21. The van der Waals surface area contributed by atoms with Crippen molar-refractivity contribution >= 4 is 121 Å². The zero-order valence-corrected chi connectivity index (χ0v) is 38.4. The highest BCUT2D eigenvalue weighted by atomic mass is 35.5.